The van der Waals surface area contributed by atoms with E-state index in [9.17, 15) is 8.78 Å². The summed E-state index contributed by atoms with van der Waals surface area (Å²) in [5, 5.41) is 0. The molecule has 3 nitrogen and oxygen atoms in total. The molecule has 0 aliphatic carbocycles. The zero-order valence-corrected chi connectivity index (χ0v) is 9.17. The summed E-state index contributed by atoms with van der Waals surface area (Å²) in [7, 11) is 0. The smallest absolute Gasteiger partial charge is 0.168 e. The quantitative estimate of drug-likeness (QED) is 0.621. The maximum absolute atomic E-state index is 13.7. The molecule has 0 saturated heterocycles. The molecule has 1 heterocycles. The largest absolute Gasteiger partial charge is 0.324 e. The van der Waals surface area contributed by atoms with Crippen LogP contribution >= 0.6 is 0 Å². The van der Waals surface area contributed by atoms with Crippen LogP contribution in [0, 0.1) is 18.6 Å². The number of benzene rings is 1. The molecule has 2 aromatic rings. The number of aromatic nitrogens is 1. The van der Waals surface area contributed by atoms with Gasteiger partial charge in [0.25, 0.3) is 0 Å². The van der Waals surface area contributed by atoms with Crippen molar-refractivity contribution in [1.29, 1.82) is 0 Å². The number of nitrogens with one attached hydrogen (secondary N) is 1. The van der Waals surface area contributed by atoms with Crippen molar-refractivity contribution >= 4 is 5.69 Å². The van der Waals surface area contributed by atoms with Crippen molar-refractivity contribution in [3.8, 4) is 11.3 Å². The number of halogens is 2. The standard InChI is InChI=1S/C12H11F2N3/c1-7-2-3-9(12(14)11(7)13)10-6-8(17-15)4-5-16-10/h2-6H,15H2,1H3,(H,16,17). The average Bonchev–Trinajstić information content (AvgIpc) is 2.36. The molecule has 0 radical (unpaired) electrons. The van der Waals surface area contributed by atoms with E-state index in [2.05, 4.69) is 10.4 Å². The van der Waals surface area contributed by atoms with Crippen molar-refractivity contribution in [2.24, 2.45) is 5.84 Å². The molecule has 0 spiro atoms. The first-order valence-electron chi connectivity index (χ1n) is 5.01. The first-order chi connectivity index (χ1) is 8.13. The normalized spacial score (nSPS) is 10.4. The van der Waals surface area contributed by atoms with Gasteiger partial charge in [0.05, 0.1) is 11.4 Å². The highest BCUT2D eigenvalue weighted by Crippen LogP contribution is 2.25. The van der Waals surface area contributed by atoms with E-state index in [0.29, 0.717) is 11.4 Å². The summed E-state index contributed by atoms with van der Waals surface area (Å²) in [6.07, 6.45) is 1.47. The Bertz CT molecular complexity index is 555. The molecule has 5 heteroatoms. The summed E-state index contributed by atoms with van der Waals surface area (Å²) in [5.41, 5.74) is 3.72. The van der Waals surface area contributed by atoms with Gasteiger partial charge in [0.2, 0.25) is 0 Å². The predicted octanol–water partition coefficient (Wildman–Crippen LogP) is 2.62. The highest BCUT2D eigenvalue weighted by atomic mass is 19.2. The third-order valence-corrected chi connectivity index (χ3v) is 2.48. The highest BCUT2D eigenvalue weighted by molar-refractivity contribution is 5.64. The minimum absolute atomic E-state index is 0.116. The monoisotopic (exact) mass is 235 g/mol. The van der Waals surface area contributed by atoms with Crippen LogP contribution < -0.4 is 11.3 Å². The Morgan fingerprint density at radius 2 is 1.94 bits per heavy atom. The molecular formula is C12H11F2N3. The first-order valence-corrected chi connectivity index (χ1v) is 5.01. The molecule has 0 saturated carbocycles. The number of nitrogen functional groups attached to an aromatic ring is 1. The molecule has 0 amide bonds. The third kappa shape index (κ3) is 2.09. The fraction of sp³-hybridized carbons (Fsp3) is 0.0833. The van der Waals surface area contributed by atoms with Gasteiger partial charge in [-0.2, -0.15) is 0 Å². The Balaban J connectivity index is 2.56. The van der Waals surface area contributed by atoms with Crippen molar-refractivity contribution in [2.75, 3.05) is 5.43 Å². The van der Waals surface area contributed by atoms with Crippen LogP contribution in [-0.4, -0.2) is 4.98 Å². The molecule has 3 N–H and O–H groups in total. The Morgan fingerprint density at radius 3 is 2.65 bits per heavy atom. The van der Waals surface area contributed by atoms with E-state index < -0.39 is 11.6 Å². The molecule has 1 aromatic heterocycles. The molecule has 0 bridgehead atoms. The lowest BCUT2D eigenvalue weighted by Gasteiger charge is -2.07. The lowest BCUT2D eigenvalue weighted by molar-refractivity contribution is 0.505. The number of nitrogens with zero attached hydrogens (tertiary/aromatic N) is 1. The number of hydrogen-bond acceptors (Lipinski definition) is 3. The average molecular weight is 235 g/mol. The molecule has 0 aliphatic heterocycles. The van der Waals surface area contributed by atoms with Crippen LogP contribution in [0.1, 0.15) is 5.56 Å². The predicted molar refractivity (Wildman–Crippen MR) is 62.1 cm³/mol. The summed E-state index contributed by atoms with van der Waals surface area (Å²) in [5.74, 6) is 3.50. The molecule has 2 rings (SSSR count). The van der Waals surface area contributed by atoms with Crippen molar-refractivity contribution in [3.05, 3.63) is 47.7 Å². The maximum Gasteiger partial charge on any atom is 0.168 e. The Kier molecular flexibility index (Phi) is 3.01. The van der Waals surface area contributed by atoms with E-state index in [0.717, 1.165) is 0 Å². The van der Waals surface area contributed by atoms with E-state index in [1.54, 1.807) is 12.1 Å². The van der Waals surface area contributed by atoms with Crippen molar-refractivity contribution < 1.29 is 8.78 Å². The van der Waals surface area contributed by atoms with Crippen LogP contribution in [0.25, 0.3) is 11.3 Å². The second kappa shape index (κ2) is 4.47. The second-order valence-electron chi connectivity index (χ2n) is 3.63. The molecule has 0 atom stereocenters. The molecule has 17 heavy (non-hydrogen) atoms. The zero-order chi connectivity index (χ0) is 12.4. The number of anilines is 1. The van der Waals surface area contributed by atoms with Gasteiger partial charge in [0.15, 0.2) is 11.6 Å². The summed E-state index contributed by atoms with van der Waals surface area (Å²) >= 11 is 0. The van der Waals surface area contributed by atoms with Crippen molar-refractivity contribution in [2.45, 2.75) is 6.92 Å². The number of rotatable bonds is 2. The SMILES string of the molecule is Cc1ccc(-c2cc(NN)ccn2)c(F)c1F. The Labute approximate surface area is 97.3 Å². The number of aryl methyl sites for hydroxylation is 1. The number of nitrogens with two attached hydrogens (primary N) is 1. The number of hydrazine groups is 1. The minimum atomic E-state index is -0.897. The van der Waals surface area contributed by atoms with Gasteiger partial charge in [-0.1, -0.05) is 6.07 Å². The zero-order valence-electron chi connectivity index (χ0n) is 9.17. The van der Waals surface area contributed by atoms with Gasteiger partial charge in [-0.25, -0.2) is 8.78 Å². The van der Waals surface area contributed by atoms with Crippen LogP contribution in [-0.2, 0) is 0 Å². The first kappa shape index (κ1) is 11.5. The van der Waals surface area contributed by atoms with Gasteiger partial charge in [-0.05, 0) is 30.7 Å². The lowest BCUT2D eigenvalue weighted by atomic mass is 10.1. The molecular weight excluding hydrogens is 224 g/mol. The van der Waals surface area contributed by atoms with Crippen LogP contribution in [0.2, 0.25) is 0 Å². The van der Waals surface area contributed by atoms with Crippen LogP contribution in [0.3, 0.4) is 0 Å². The Morgan fingerprint density at radius 1 is 1.18 bits per heavy atom. The van der Waals surface area contributed by atoms with Crippen LogP contribution in [0.5, 0.6) is 0 Å². The van der Waals surface area contributed by atoms with E-state index in [1.807, 2.05) is 0 Å². The molecule has 0 aliphatic rings. The maximum atomic E-state index is 13.7. The Hall–Kier alpha value is -2.01. The minimum Gasteiger partial charge on any atom is -0.324 e. The summed E-state index contributed by atoms with van der Waals surface area (Å²) in [6.45, 7) is 1.51. The van der Waals surface area contributed by atoms with E-state index >= 15 is 0 Å². The summed E-state index contributed by atoms with van der Waals surface area (Å²) in [6, 6.07) is 6.19. The van der Waals surface area contributed by atoms with E-state index in [1.165, 1.54) is 25.3 Å². The van der Waals surface area contributed by atoms with E-state index in [4.69, 9.17) is 5.84 Å². The second-order valence-corrected chi connectivity index (χ2v) is 3.63. The fourth-order valence-corrected chi connectivity index (χ4v) is 1.51. The third-order valence-electron chi connectivity index (χ3n) is 2.48. The van der Waals surface area contributed by atoms with Gasteiger partial charge < -0.3 is 5.43 Å². The highest BCUT2D eigenvalue weighted by Gasteiger charge is 2.13. The summed E-state index contributed by atoms with van der Waals surface area (Å²) < 4.78 is 27.1. The lowest BCUT2D eigenvalue weighted by Crippen LogP contribution is -2.06. The summed E-state index contributed by atoms with van der Waals surface area (Å²) in [4.78, 5) is 3.99. The van der Waals surface area contributed by atoms with E-state index in [-0.39, 0.29) is 11.1 Å². The topological polar surface area (TPSA) is 50.9 Å². The van der Waals surface area contributed by atoms with Crippen LogP contribution in [0.4, 0.5) is 14.5 Å². The molecule has 0 unspecified atom stereocenters. The van der Waals surface area contributed by atoms with Gasteiger partial charge >= 0.3 is 0 Å². The van der Waals surface area contributed by atoms with Gasteiger partial charge in [0.1, 0.15) is 0 Å². The van der Waals surface area contributed by atoms with Gasteiger partial charge in [-0.15, -0.1) is 0 Å². The molecule has 0 fully saturated rings. The van der Waals surface area contributed by atoms with Crippen molar-refractivity contribution in [3.63, 3.8) is 0 Å². The van der Waals surface area contributed by atoms with Gasteiger partial charge in [0, 0.05) is 11.8 Å². The molecule has 1 aromatic carbocycles. The van der Waals surface area contributed by atoms with Crippen molar-refractivity contribution in [1.82, 2.24) is 4.98 Å². The molecule has 88 valence electrons. The fourth-order valence-electron chi connectivity index (χ4n) is 1.51. The number of pyridine rings is 1. The van der Waals surface area contributed by atoms with Crippen LogP contribution in [0.15, 0.2) is 30.5 Å². The number of hydrogen-bond donors (Lipinski definition) is 2. The van der Waals surface area contributed by atoms with Gasteiger partial charge in [-0.3, -0.25) is 10.8 Å².